The molecule has 0 spiro atoms. The van der Waals surface area contributed by atoms with Crippen molar-refractivity contribution >= 4 is 29.7 Å². The van der Waals surface area contributed by atoms with Gasteiger partial charge in [-0.25, -0.2) is 5.43 Å². The highest BCUT2D eigenvalue weighted by molar-refractivity contribution is 5.81. The molecule has 170 valence electrons. The van der Waals surface area contributed by atoms with E-state index in [0.717, 1.165) is 22.7 Å². The summed E-state index contributed by atoms with van der Waals surface area (Å²) in [6.45, 7) is 2.88. The molecule has 1 saturated heterocycles. The zero-order valence-electron chi connectivity index (χ0n) is 18.0. The number of rotatable bonds is 7. The summed E-state index contributed by atoms with van der Waals surface area (Å²) in [5.41, 5.74) is 4.58. The molecule has 11 heteroatoms. The van der Waals surface area contributed by atoms with Gasteiger partial charge in [-0.3, -0.25) is 0 Å². The highest BCUT2D eigenvalue weighted by atomic mass is 16.7. The predicted molar refractivity (Wildman–Crippen MR) is 123 cm³/mol. The number of hydrogen-bond donors (Lipinski definition) is 2. The Balaban J connectivity index is 1.35. The summed E-state index contributed by atoms with van der Waals surface area (Å²) in [6.07, 6.45) is 1.66. The molecule has 33 heavy (non-hydrogen) atoms. The van der Waals surface area contributed by atoms with E-state index < -0.39 is 0 Å². The zero-order valence-corrected chi connectivity index (χ0v) is 18.0. The molecule has 11 nitrogen and oxygen atoms in total. The number of fused-ring (bicyclic) bond motifs is 1. The Kier molecular flexibility index (Phi) is 6.02. The van der Waals surface area contributed by atoms with Gasteiger partial charge in [0.2, 0.25) is 24.6 Å². The zero-order chi connectivity index (χ0) is 22.5. The summed E-state index contributed by atoms with van der Waals surface area (Å²) in [7, 11) is 1.63. The summed E-state index contributed by atoms with van der Waals surface area (Å²) in [5, 5.41) is 7.50. The molecule has 0 saturated carbocycles. The largest absolute Gasteiger partial charge is 0.497 e. The summed E-state index contributed by atoms with van der Waals surface area (Å²) in [6, 6.07) is 13.1. The Morgan fingerprint density at radius 1 is 0.970 bits per heavy atom. The molecule has 2 aliphatic rings. The average molecular weight is 449 g/mol. The minimum absolute atomic E-state index is 0.229. The lowest BCUT2D eigenvalue weighted by Gasteiger charge is -2.27. The van der Waals surface area contributed by atoms with Gasteiger partial charge in [0.15, 0.2) is 11.5 Å². The van der Waals surface area contributed by atoms with Gasteiger partial charge in [0.05, 0.1) is 26.5 Å². The molecule has 0 aliphatic carbocycles. The Morgan fingerprint density at radius 3 is 2.58 bits per heavy atom. The summed E-state index contributed by atoms with van der Waals surface area (Å²) >= 11 is 0. The lowest BCUT2D eigenvalue weighted by Crippen LogP contribution is -2.37. The highest BCUT2D eigenvalue weighted by Gasteiger charge is 2.17. The van der Waals surface area contributed by atoms with E-state index >= 15 is 0 Å². The smallest absolute Gasteiger partial charge is 0.250 e. The number of hydrazone groups is 1. The molecule has 2 aliphatic heterocycles. The number of hydrogen-bond acceptors (Lipinski definition) is 11. The van der Waals surface area contributed by atoms with E-state index in [-0.39, 0.29) is 6.79 Å². The molecular weight excluding hydrogens is 426 g/mol. The Labute approximate surface area is 190 Å². The van der Waals surface area contributed by atoms with Crippen LogP contribution in [-0.2, 0) is 4.74 Å². The monoisotopic (exact) mass is 449 g/mol. The second-order valence-corrected chi connectivity index (χ2v) is 7.22. The van der Waals surface area contributed by atoms with Crippen LogP contribution >= 0.6 is 0 Å². The van der Waals surface area contributed by atoms with Crippen LogP contribution in [0.15, 0.2) is 47.6 Å². The minimum Gasteiger partial charge on any atom is -0.497 e. The van der Waals surface area contributed by atoms with E-state index in [4.69, 9.17) is 18.9 Å². The first-order chi connectivity index (χ1) is 16.3. The van der Waals surface area contributed by atoms with Gasteiger partial charge in [-0.05, 0) is 48.0 Å². The SMILES string of the molecule is COc1ccc(Nc2nc(N/N=C/c3ccc4c(c3)OCO4)nc(N3CCOCC3)n2)cc1. The van der Waals surface area contributed by atoms with Gasteiger partial charge in [0.25, 0.3) is 0 Å². The van der Waals surface area contributed by atoms with Gasteiger partial charge < -0.3 is 29.2 Å². The maximum absolute atomic E-state index is 5.45. The van der Waals surface area contributed by atoms with Gasteiger partial charge in [0, 0.05) is 18.8 Å². The topological polar surface area (TPSA) is 115 Å². The molecule has 0 amide bonds. The van der Waals surface area contributed by atoms with Crippen molar-refractivity contribution in [3.8, 4) is 17.2 Å². The third kappa shape index (κ3) is 5.04. The van der Waals surface area contributed by atoms with Crippen LogP contribution in [0.1, 0.15) is 5.56 Å². The minimum atomic E-state index is 0.229. The van der Waals surface area contributed by atoms with Crippen LogP contribution in [0.3, 0.4) is 0 Å². The van der Waals surface area contributed by atoms with Crippen LogP contribution in [0, 0.1) is 0 Å². The standard InChI is InChI=1S/C22H23N7O4/c1-30-17-5-3-16(4-6-17)24-20-25-21(27-22(26-20)29-8-10-31-11-9-29)28-23-13-15-2-7-18-19(12-15)33-14-32-18/h2-7,12-13H,8-11,14H2,1H3,(H2,24,25,26,27,28)/b23-13+. The molecule has 0 atom stereocenters. The number of morpholine rings is 1. The molecular formula is C22H23N7O4. The van der Waals surface area contributed by atoms with E-state index in [2.05, 4.69) is 35.7 Å². The first-order valence-corrected chi connectivity index (χ1v) is 10.5. The number of nitrogens with zero attached hydrogens (tertiary/aromatic N) is 5. The van der Waals surface area contributed by atoms with Crippen molar-refractivity contribution in [1.29, 1.82) is 0 Å². The van der Waals surface area contributed by atoms with Crippen molar-refractivity contribution in [3.05, 3.63) is 48.0 Å². The summed E-state index contributed by atoms with van der Waals surface area (Å²) in [4.78, 5) is 15.6. The third-order valence-electron chi connectivity index (χ3n) is 5.04. The van der Waals surface area contributed by atoms with Crippen molar-refractivity contribution in [2.75, 3.05) is 55.8 Å². The van der Waals surface area contributed by atoms with Crippen molar-refractivity contribution < 1.29 is 18.9 Å². The first kappa shape index (κ1) is 20.8. The van der Waals surface area contributed by atoms with E-state index in [1.54, 1.807) is 13.3 Å². The molecule has 0 unspecified atom stereocenters. The molecule has 5 rings (SSSR count). The van der Waals surface area contributed by atoms with Crippen LogP contribution in [0.5, 0.6) is 17.2 Å². The average Bonchev–Trinajstić information content (AvgIpc) is 3.33. The number of ether oxygens (including phenoxy) is 4. The van der Waals surface area contributed by atoms with E-state index in [0.29, 0.717) is 49.9 Å². The normalized spacial score (nSPS) is 15.0. The van der Waals surface area contributed by atoms with Crippen LogP contribution in [0.25, 0.3) is 0 Å². The second kappa shape index (κ2) is 9.57. The molecule has 2 aromatic carbocycles. The Bertz CT molecular complexity index is 1130. The predicted octanol–water partition coefficient (Wildman–Crippen LogP) is 2.64. The summed E-state index contributed by atoms with van der Waals surface area (Å²) < 4.78 is 21.4. The number of methoxy groups -OCH3 is 1. The van der Waals surface area contributed by atoms with Crippen molar-refractivity contribution in [1.82, 2.24) is 15.0 Å². The van der Waals surface area contributed by atoms with Gasteiger partial charge >= 0.3 is 0 Å². The van der Waals surface area contributed by atoms with Gasteiger partial charge in [-0.15, -0.1) is 0 Å². The Hall–Kier alpha value is -4.12. The Morgan fingerprint density at radius 2 is 1.76 bits per heavy atom. The van der Waals surface area contributed by atoms with Crippen LogP contribution < -0.4 is 29.9 Å². The second-order valence-electron chi connectivity index (χ2n) is 7.22. The fourth-order valence-corrected chi connectivity index (χ4v) is 3.34. The van der Waals surface area contributed by atoms with Crippen molar-refractivity contribution in [2.24, 2.45) is 5.10 Å². The fraction of sp³-hybridized carbons (Fsp3) is 0.273. The number of benzene rings is 2. The highest BCUT2D eigenvalue weighted by Crippen LogP contribution is 2.32. The van der Waals surface area contributed by atoms with Gasteiger partial charge in [-0.1, -0.05) is 0 Å². The van der Waals surface area contributed by atoms with Crippen molar-refractivity contribution in [2.45, 2.75) is 0 Å². The number of nitrogens with one attached hydrogen (secondary N) is 2. The van der Waals surface area contributed by atoms with E-state index in [1.165, 1.54) is 0 Å². The molecule has 0 radical (unpaired) electrons. The summed E-state index contributed by atoms with van der Waals surface area (Å²) in [5.74, 6) is 3.45. The maximum atomic E-state index is 5.45. The molecule has 3 aromatic rings. The molecule has 0 bridgehead atoms. The fourth-order valence-electron chi connectivity index (χ4n) is 3.34. The van der Waals surface area contributed by atoms with Gasteiger partial charge in [0.1, 0.15) is 5.75 Å². The van der Waals surface area contributed by atoms with Crippen LogP contribution in [0.4, 0.5) is 23.5 Å². The van der Waals surface area contributed by atoms with Crippen molar-refractivity contribution in [3.63, 3.8) is 0 Å². The van der Waals surface area contributed by atoms with Gasteiger partial charge in [-0.2, -0.15) is 20.1 Å². The van der Waals surface area contributed by atoms with E-state index in [1.807, 2.05) is 42.5 Å². The van der Waals surface area contributed by atoms with Crippen LogP contribution in [0.2, 0.25) is 0 Å². The van der Waals surface area contributed by atoms with Crippen LogP contribution in [-0.4, -0.2) is 61.4 Å². The molecule has 1 fully saturated rings. The number of anilines is 4. The third-order valence-corrected chi connectivity index (χ3v) is 5.04. The molecule has 2 N–H and O–H groups in total. The number of aromatic nitrogens is 3. The molecule has 3 heterocycles. The molecule has 1 aromatic heterocycles. The van der Waals surface area contributed by atoms with E-state index in [9.17, 15) is 0 Å². The maximum Gasteiger partial charge on any atom is 0.250 e. The lowest BCUT2D eigenvalue weighted by molar-refractivity contribution is 0.122. The lowest BCUT2D eigenvalue weighted by atomic mass is 10.2. The quantitative estimate of drug-likeness (QED) is 0.412. The first-order valence-electron chi connectivity index (χ1n) is 10.5.